The average Bonchev–Trinajstić information content (AvgIpc) is 2.54. The van der Waals surface area contributed by atoms with Crippen molar-refractivity contribution in [2.24, 2.45) is 0 Å². The summed E-state index contributed by atoms with van der Waals surface area (Å²) in [5, 5.41) is 4.36. The summed E-state index contributed by atoms with van der Waals surface area (Å²) in [4.78, 5) is 0. The monoisotopic (exact) mass is 339 g/mol. The first-order valence-electron chi connectivity index (χ1n) is 7.09. The van der Waals surface area contributed by atoms with E-state index in [0.29, 0.717) is 16.7 Å². The summed E-state index contributed by atoms with van der Waals surface area (Å²) >= 11 is 12.0. The predicted octanol–water partition coefficient (Wildman–Crippen LogP) is 4.69. The van der Waals surface area contributed by atoms with Crippen molar-refractivity contribution in [2.75, 3.05) is 13.7 Å². The fourth-order valence-electron chi connectivity index (χ4n) is 2.07. The molecule has 0 aliphatic heterocycles. The second-order valence-corrected chi connectivity index (χ2v) is 5.58. The van der Waals surface area contributed by atoms with Gasteiger partial charge >= 0.3 is 0 Å². The van der Waals surface area contributed by atoms with Crippen LogP contribution in [0.4, 0.5) is 0 Å². The summed E-state index contributed by atoms with van der Waals surface area (Å²) in [7, 11) is 1.64. The molecule has 0 aliphatic rings. The van der Waals surface area contributed by atoms with E-state index < -0.39 is 0 Å². The van der Waals surface area contributed by atoms with Gasteiger partial charge in [0.05, 0.1) is 17.2 Å². The van der Waals surface area contributed by atoms with Crippen molar-refractivity contribution in [1.29, 1.82) is 0 Å². The van der Waals surface area contributed by atoms with Gasteiger partial charge in [0.2, 0.25) is 0 Å². The highest BCUT2D eigenvalue weighted by Gasteiger charge is 2.11. The Morgan fingerprint density at radius 1 is 1.09 bits per heavy atom. The van der Waals surface area contributed by atoms with Gasteiger partial charge in [0.15, 0.2) is 11.5 Å². The van der Waals surface area contributed by atoms with Gasteiger partial charge in [-0.3, -0.25) is 0 Å². The van der Waals surface area contributed by atoms with Gasteiger partial charge < -0.3 is 14.8 Å². The van der Waals surface area contributed by atoms with E-state index in [1.165, 1.54) is 0 Å². The van der Waals surface area contributed by atoms with Gasteiger partial charge in [0, 0.05) is 12.1 Å². The molecule has 0 unspecified atom stereocenters. The molecule has 1 N–H and O–H groups in total. The van der Waals surface area contributed by atoms with Gasteiger partial charge in [-0.15, -0.1) is 0 Å². The lowest BCUT2D eigenvalue weighted by molar-refractivity contribution is 0.280. The Morgan fingerprint density at radius 2 is 1.91 bits per heavy atom. The molecule has 2 rings (SSSR count). The largest absolute Gasteiger partial charge is 0.493 e. The topological polar surface area (TPSA) is 30.5 Å². The summed E-state index contributed by atoms with van der Waals surface area (Å²) in [6.45, 7) is 4.08. The van der Waals surface area contributed by atoms with Gasteiger partial charge in [-0.2, -0.15) is 0 Å². The number of benzene rings is 2. The van der Waals surface area contributed by atoms with E-state index in [-0.39, 0.29) is 0 Å². The minimum Gasteiger partial charge on any atom is -0.493 e. The van der Waals surface area contributed by atoms with Crippen molar-refractivity contribution in [1.82, 2.24) is 5.32 Å². The van der Waals surface area contributed by atoms with Crippen LogP contribution in [0.25, 0.3) is 0 Å². The maximum absolute atomic E-state index is 6.03. The molecule has 2 aromatic rings. The molecule has 0 fully saturated rings. The molecule has 0 aliphatic carbocycles. The second-order valence-electron chi connectivity index (χ2n) is 4.77. The number of para-hydroxylation sites is 1. The standard InChI is InChI=1S/C17H19Cl2NO2/c1-3-20-10-13-5-4-6-16(21-2)17(13)22-11-12-7-8-14(18)15(19)9-12/h4-9,20H,3,10-11H2,1-2H3. The molecule has 0 amide bonds. The van der Waals surface area contributed by atoms with E-state index >= 15 is 0 Å². The molecule has 0 bridgehead atoms. The highest BCUT2D eigenvalue weighted by atomic mass is 35.5. The van der Waals surface area contributed by atoms with Crippen molar-refractivity contribution in [3.8, 4) is 11.5 Å². The molecule has 118 valence electrons. The lowest BCUT2D eigenvalue weighted by Crippen LogP contribution is -2.13. The molecule has 0 radical (unpaired) electrons. The van der Waals surface area contributed by atoms with E-state index in [4.69, 9.17) is 32.7 Å². The fraction of sp³-hybridized carbons (Fsp3) is 0.294. The van der Waals surface area contributed by atoms with Crippen molar-refractivity contribution >= 4 is 23.2 Å². The van der Waals surface area contributed by atoms with Crippen LogP contribution in [0.15, 0.2) is 36.4 Å². The lowest BCUT2D eigenvalue weighted by Gasteiger charge is -2.15. The molecule has 0 aromatic heterocycles. The zero-order valence-electron chi connectivity index (χ0n) is 12.7. The van der Waals surface area contributed by atoms with Crippen molar-refractivity contribution in [3.05, 3.63) is 57.6 Å². The Labute approximate surface area is 141 Å². The molecule has 0 saturated carbocycles. The van der Waals surface area contributed by atoms with Crippen molar-refractivity contribution < 1.29 is 9.47 Å². The van der Waals surface area contributed by atoms with Crippen LogP contribution in [0.1, 0.15) is 18.1 Å². The SMILES string of the molecule is CCNCc1cccc(OC)c1OCc1ccc(Cl)c(Cl)c1. The summed E-state index contributed by atoms with van der Waals surface area (Å²) in [6, 6.07) is 11.3. The van der Waals surface area contributed by atoms with Crippen LogP contribution in [-0.4, -0.2) is 13.7 Å². The van der Waals surface area contributed by atoms with E-state index in [1.54, 1.807) is 13.2 Å². The normalized spacial score (nSPS) is 10.5. The number of hydrogen-bond acceptors (Lipinski definition) is 3. The van der Waals surface area contributed by atoms with E-state index in [2.05, 4.69) is 12.2 Å². The van der Waals surface area contributed by atoms with Crippen molar-refractivity contribution in [2.45, 2.75) is 20.1 Å². The molecule has 0 spiro atoms. The number of hydrogen-bond donors (Lipinski definition) is 1. The maximum atomic E-state index is 6.03. The van der Waals surface area contributed by atoms with Gasteiger partial charge in [0.1, 0.15) is 6.61 Å². The number of rotatable bonds is 7. The summed E-state index contributed by atoms with van der Waals surface area (Å²) in [5.74, 6) is 1.47. The molecule has 5 heteroatoms. The van der Waals surface area contributed by atoms with E-state index in [0.717, 1.165) is 35.7 Å². The zero-order chi connectivity index (χ0) is 15.9. The fourth-order valence-corrected chi connectivity index (χ4v) is 2.39. The second kappa shape index (κ2) is 8.28. The Kier molecular flexibility index (Phi) is 6.37. The molecular weight excluding hydrogens is 321 g/mol. The van der Waals surface area contributed by atoms with Crippen LogP contribution in [-0.2, 0) is 13.2 Å². The number of halogens is 2. The summed E-state index contributed by atoms with van der Waals surface area (Å²) in [6.07, 6.45) is 0. The Bertz CT molecular complexity index is 632. The number of nitrogens with one attached hydrogen (secondary N) is 1. The quantitative estimate of drug-likeness (QED) is 0.793. The Hall–Kier alpha value is -1.42. The summed E-state index contributed by atoms with van der Waals surface area (Å²) < 4.78 is 11.4. The molecule has 2 aromatic carbocycles. The van der Waals surface area contributed by atoms with Crippen LogP contribution in [0.2, 0.25) is 10.0 Å². The van der Waals surface area contributed by atoms with Crippen LogP contribution in [0.3, 0.4) is 0 Å². The Balaban J connectivity index is 2.17. The first-order chi connectivity index (χ1) is 10.7. The molecule has 22 heavy (non-hydrogen) atoms. The molecular formula is C17H19Cl2NO2. The third-order valence-corrected chi connectivity index (χ3v) is 3.95. The van der Waals surface area contributed by atoms with Gasteiger partial charge in [-0.1, -0.05) is 48.3 Å². The minimum atomic E-state index is 0.399. The number of methoxy groups -OCH3 is 1. The Morgan fingerprint density at radius 3 is 2.59 bits per heavy atom. The van der Waals surface area contributed by atoms with Crippen LogP contribution < -0.4 is 14.8 Å². The predicted molar refractivity (Wildman–Crippen MR) is 91.2 cm³/mol. The lowest BCUT2D eigenvalue weighted by atomic mass is 10.1. The number of ether oxygens (including phenoxy) is 2. The van der Waals surface area contributed by atoms with Crippen LogP contribution >= 0.6 is 23.2 Å². The molecule has 3 nitrogen and oxygen atoms in total. The third-order valence-electron chi connectivity index (χ3n) is 3.21. The first kappa shape index (κ1) is 16.9. The zero-order valence-corrected chi connectivity index (χ0v) is 14.2. The third kappa shape index (κ3) is 4.29. The van der Waals surface area contributed by atoms with E-state index in [9.17, 15) is 0 Å². The smallest absolute Gasteiger partial charge is 0.166 e. The van der Waals surface area contributed by atoms with Crippen LogP contribution in [0.5, 0.6) is 11.5 Å². The first-order valence-corrected chi connectivity index (χ1v) is 7.84. The molecule has 0 atom stereocenters. The maximum Gasteiger partial charge on any atom is 0.166 e. The summed E-state index contributed by atoms with van der Waals surface area (Å²) in [5.41, 5.74) is 2.01. The highest BCUT2D eigenvalue weighted by molar-refractivity contribution is 6.42. The van der Waals surface area contributed by atoms with Gasteiger partial charge in [-0.25, -0.2) is 0 Å². The highest BCUT2D eigenvalue weighted by Crippen LogP contribution is 2.32. The van der Waals surface area contributed by atoms with E-state index in [1.807, 2.05) is 30.3 Å². The average molecular weight is 340 g/mol. The molecule has 0 heterocycles. The minimum absolute atomic E-state index is 0.399. The van der Waals surface area contributed by atoms with Crippen LogP contribution in [0, 0.1) is 0 Å². The van der Waals surface area contributed by atoms with Gasteiger partial charge in [-0.05, 0) is 30.3 Å². The molecule has 0 saturated heterocycles. The van der Waals surface area contributed by atoms with Crippen molar-refractivity contribution in [3.63, 3.8) is 0 Å². The van der Waals surface area contributed by atoms with Gasteiger partial charge in [0.25, 0.3) is 0 Å².